The predicted molar refractivity (Wildman–Crippen MR) is 184 cm³/mol. The van der Waals surface area contributed by atoms with E-state index in [0.717, 1.165) is 19.0 Å². The predicted octanol–water partition coefficient (Wildman–Crippen LogP) is 9.27. The maximum atomic E-state index is 8.19. The first kappa shape index (κ1) is 30.7. The molecule has 0 heterocycles. The summed E-state index contributed by atoms with van der Waals surface area (Å²) in [6, 6.07) is 59.3. The van der Waals surface area contributed by atoms with Crippen molar-refractivity contribution >= 4 is 59.4 Å². The van der Waals surface area contributed by atoms with Crippen LogP contribution in [0.3, 0.4) is 0 Å². The zero-order valence-electron chi connectivity index (χ0n) is 23.3. The molecule has 1 atom stereocenters. The largest absolute Gasteiger partial charge is 0.108 e. The SMILES string of the molecule is ClC(CCCP(c1ccccc1)c1ccccc1)(c1cccc2ccccc12)P(c1ccccc1)c1ccccc1.[Ni]. The molecule has 0 aliphatic heterocycles. The van der Waals surface area contributed by atoms with Gasteiger partial charge in [0.05, 0.1) is 4.62 Å². The van der Waals surface area contributed by atoms with Crippen molar-refractivity contribution in [2.45, 2.75) is 17.5 Å². The van der Waals surface area contributed by atoms with Crippen molar-refractivity contribution in [3.8, 4) is 0 Å². The topological polar surface area (TPSA) is 0 Å². The summed E-state index contributed by atoms with van der Waals surface area (Å²) in [7, 11) is -1.40. The normalized spacial score (nSPS) is 12.6. The van der Waals surface area contributed by atoms with Gasteiger partial charge in [-0.05, 0) is 72.4 Å². The van der Waals surface area contributed by atoms with Gasteiger partial charge in [0.25, 0.3) is 0 Å². The van der Waals surface area contributed by atoms with Gasteiger partial charge in [-0.3, -0.25) is 0 Å². The number of alkyl halides is 1. The second-order valence-electron chi connectivity index (χ2n) is 10.2. The molecule has 0 radical (unpaired) electrons. The fourth-order valence-corrected chi connectivity index (χ4v) is 11.8. The Morgan fingerprint density at radius 2 is 0.905 bits per heavy atom. The third kappa shape index (κ3) is 6.72. The standard InChI is InChI=1S/C38H33ClP2.Ni/c39-38(37-28-15-18-31-17-13-14-27-36(31)37,41(34-23-9-3-10-24-34)35-25-11-4-12-26-35)29-16-30-40(32-19-5-1-6-20-32)33-21-7-2-8-22-33;/h1-15,17-28H,16,29-30H2;. The molecule has 6 rings (SSSR count). The molecule has 4 heteroatoms. The van der Waals surface area contributed by atoms with Crippen LogP contribution >= 0.6 is 27.4 Å². The summed E-state index contributed by atoms with van der Waals surface area (Å²) in [6.07, 6.45) is 3.01. The van der Waals surface area contributed by atoms with E-state index in [0.29, 0.717) is 0 Å². The van der Waals surface area contributed by atoms with Crippen LogP contribution in [0.15, 0.2) is 164 Å². The van der Waals surface area contributed by atoms with Crippen molar-refractivity contribution in [2.24, 2.45) is 0 Å². The molecule has 0 fully saturated rings. The summed E-state index contributed by atoms with van der Waals surface area (Å²) in [6.45, 7) is 0. The van der Waals surface area contributed by atoms with Crippen LogP contribution in [0.2, 0.25) is 0 Å². The molecular formula is C38H33ClNiP2. The Bertz CT molecular complexity index is 1600. The summed E-state index contributed by atoms with van der Waals surface area (Å²) < 4.78 is -0.576. The van der Waals surface area contributed by atoms with Gasteiger partial charge in [-0.15, -0.1) is 11.6 Å². The Kier molecular flexibility index (Phi) is 10.7. The Labute approximate surface area is 267 Å². The number of halogens is 1. The quantitative estimate of drug-likeness (QED) is 0.0792. The van der Waals surface area contributed by atoms with Crippen LogP contribution in [0, 0.1) is 0 Å². The molecule has 0 N–H and O–H groups in total. The van der Waals surface area contributed by atoms with Gasteiger partial charge in [0.2, 0.25) is 0 Å². The van der Waals surface area contributed by atoms with Crippen molar-refractivity contribution < 1.29 is 16.5 Å². The summed E-state index contributed by atoms with van der Waals surface area (Å²) in [5.41, 5.74) is 1.24. The molecule has 0 aliphatic rings. The van der Waals surface area contributed by atoms with Crippen LogP contribution in [0.4, 0.5) is 0 Å². The van der Waals surface area contributed by atoms with Crippen LogP contribution in [-0.2, 0) is 21.1 Å². The summed E-state index contributed by atoms with van der Waals surface area (Å²) in [5, 5.41) is 7.95. The van der Waals surface area contributed by atoms with Gasteiger partial charge in [0, 0.05) is 16.5 Å². The first-order chi connectivity index (χ1) is 20.2. The molecule has 0 bridgehead atoms. The van der Waals surface area contributed by atoms with E-state index in [1.807, 2.05) is 0 Å². The monoisotopic (exact) mass is 644 g/mol. The van der Waals surface area contributed by atoms with Gasteiger partial charge in [0.1, 0.15) is 0 Å². The van der Waals surface area contributed by atoms with E-state index in [1.165, 1.54) is 37.6 Å². The van der Waals surface area contributed by atoms with Gasteiger partial charge in [0.15, 0.2) is 0 Å². The molecular weight excluding hydrogens is 613 g/mol. The molecule has 0 saturated carbocycles. The van der Waals surface area contributed by atoms with Gasteiger partial charge in [-0.1, -0.05) is 164 Å². The van der Waals surface area contributed by atoms with E-state index in [2.05, 4.69) is 164 Å². The number of rotatable bonds is 10. The van der Waals surface area contributed by atoms with E-state index >= 15 is 0 Å². The van der Waals surface area contributed by atoms with Crippen LogP contribution in [0.5, 0.6) is 0 Å². The fraction of sp³-hybridized carbons (Fsp3) is 0.105. The van der Waals surface area contributed by atoms with Gasteiger partial charge >= 0.3 is 0 Å². The van der Waals surface area contributed by atoms with E-state index in [4.69, 9.17) is 11.6 Å². The number of hydrogen-bond acceptors (Lipinski definition) is 0. The van der Waals surface area contributed by atoms with Gasteiger partial charge < -0.3 is 0 Å². The zero-order chi connectivity index (χ0) is 27.9. The van der Waals surface area contributed by atoms with E-state index in [-0.39, 0.29) is 16.5 Å². The zero-order valence-corrected chi connectivity index (χ0v) is 26.8. The number of fused-ring (bicyclic) bond motifs is 1. The molecule has 0 saturated heterocycles. The Balaban J connectivity index is 0.00000353. The Morgan fingerprint density at radius 3 is 1.43 bits per heavy atom. The van der Waals surface area contributed by atoms with Crippen molar-refractivity contribution in [3.05, 3.63) is 169 Å². The van der Waals surface area contributed by atoms with Crippen LogP contribution in [0.25, 0.3) is 10.8 Å². The average molecular weight is 646 g/mol. The third-order valence-corrected chi connectivity index (χ3v) is 13.9. The van der Waals surface area contributed by atoms with E-state index in [1.54, 1.807) is 0 Å². The van der Waals surface area contributed by atoms with E-state index < -0.39 is 20.5 Å². The average Bonchev–Trinajstić information content (AvgIpc) is 3.05. The maximum Gasteiger partial charge on any atom is 0.0975 e. The minimum atomic E-state index is -0.913. The minimum absolute atomic E-state index is 0. The van der Waals surface area contributed by atoms with Crippen molar-refractivity contribution in [3.63, 3.8) is 0 Å². The van der Waals surface area contributed by atoms with Gasteiger partial charge in [-0.2, -0.15) is 0 Å². The van der Waals surface area contributed by atoms with Crippen molar-refractivity contribution in [1.29, 1.82) is 0 Å². The number of benzene rings is 6. The first-order valence-electron chi connectivity index (χ1n) is 14.2. The molecule has 0 aliphatic carbocycles. The molecule has 0 amide bonds. The Morgan fingerprint density at radius 1 is 0.476 bits per heavy atom. The molecule has 0 aromatic heterocycles. The molecule has 42 heavy (non-hydrogen) atoms. The van der Waals surface area contributed by atoms with Crippen LogP contribution < -0.4 is 21.2 Å². The van der Waals surface area contributed by atoms with Crippen LogP contribution in [0.1, 0.15) is 18.4 Å². The molecule has 6 aromatic rings. The smallest absolute Gasteiger partial charge is 0.0975 e. The number of hydrogen-bond donors (Lipinski definition) is 0. The third-order valence-electron chi connectivity index (χ3n) is 7.61. The van der Waals surface area contributed by atoms with Crippen molar-refractivity contribution in [1.82, 2.24) is 0 Å². The minimum Gasteiger partial charge on any atom is -0.108 e. The van der Waals surface area contributed by atoms with Gasteiger partial charge in [-0.25, -0.2) is 0 Å². The molecule has 0 nitrogen and oxygen atoms in total. The Hall–Kier alpha value is -2.78. The second kappa shape index (κ2) is 14.6. The second-order valence-corrected chi connectivity index (χ2v) is 15.9. The fourth-order valence-electron chi connectivity index (χ4n) is 5.73. The first-order valence-corrected chi connectivity index (χ1v) is 17.4. The molecule has 212 valence electrons. The molecule has 6 aromatic carbocycles. The summed E-state index contributed by atoms with van der Waals surface area (Å²) >= 11 is 8.19. The molecule has 1 unspecified atom stereocenters. The molecule has 0 spiro atoms. The summed E-state index contributed by atoms with van der Waals surface area (Å²) in [5.74, 6) is 0. The maximum absolute atomic E-state index is 8.19. The van der Waals surface area contributed by atoms with E-state index in [9.17, 15) is 0 Å². The summed E-state index contributed by atoms with van der Waals surface area (Å²) in [4.78, 5) is 0. The van der Waals surface area contributed by atoms with Crippen molar-refractivity contribution in [2.75, 3.05) is 6.16 Å². The van der Waals surface area contributed by atoms with Crippen LogP contribution in [-0.4, -0.2) is 6.16 Å².